The molecule has 0 spiro atoms. The largest absolute Gasteiger partial charge is 0.0914 e. The quantitative estimate of drug-likeness (QED) is 0.473. The third-order valence-electron chi connectivity index (χ3n) is 1.85. The molecule has 0 aromatic heterocycles. The minimum absolute atomic E-state index is 0.423. The third kappa shape index (κ3) is 3.34. The second-order valence-electron chi connectivity index (χ2n) is 3.68. The topological polar surface area (TPSA) is 0 Å². The molecule has 0 aliphatic rings. The molecule has 0 aliphatic heterocycles. The molecule has 0 aliphatic carbocycles. The summed E-state index contributed by atoms with van der Waals surface area (Å²) in [5.74, 6) is 0.683. The second kappa shape index (κ2) is 3.05. The summed E-state index contributed by atoms with van der Waals surface area (Å²) in [7, 11) is 0. The molecule has 0 rings (SSSR count). The van der Waals surface area contributed by atoms with Crippen molar-refractivity contribution in [3.05, 3.63) is 12.2 Å². The summed E-state index contributed by atoms with van der Waals surface area (Å²) < 4.78 is 0. The van der Waals surface area contributed by atoms with Crippen LogP contribution in [0.25, 0.3) is 0 Å². The van der Waals surface area contributed by atoms with Crippen LogP contribution < -0.4 is 0 Å². The monoisotopic (exact) mass is 126 g/mol. The van der Waals surface area contributed by atoms with Gasteiger partial charge in [0.2, 0.25) is 0 Å². The van der Waals surface area contributed by atoms with Crippen LogP contribution in [0.4, 0.5) is 0 Å². The van der Waals surface area contributed by atoms with Crippen LogP contribution in [0, 0.1) is 11.3 Å². The Balaban J connectivity index is 3.88. The van der Waals surface area contributed by atoms with Gasteiger partial charge in [0.25, 0.3) is 0 Å². The van der Waals surface area contributed by atoms with E-state index in [1.54, 1.807) is 0 Å². The molecule has 0 heteroatoms. The van der Waals surface area contributed by atoms with Crippen molar-refractivity contribution in [3.8, 4) is 0 Å². The van der Waals surface area contributed by atoms with Gasteiger partial charge < -0.3 is 0 Å². The van der Waals surface area contributed by atoms with Gasteiger partial charge in [-0.15, -0.1) is 0 Å². The van der Waals surface area contributed by atoms with Gasteiger partial charge in [0, 0.05) is 0 Å². The van der Waals surface area contributed by atoms with Crippen molar-refractivity contribution < 1.29 is 0 Å². The molecule has 0 amide bonds. The maximum absolute atomic E-state index is 2.26. The predicted octanol–water partition coefficient (Wildman–Crippen LogP) is 3.24. The minimum atomic E-state index is 0.423. The van der Waals surface area contributed by atoms with Gasteiger partial charge in [-0.1, -0.05) is 39.8 Å². The molecule has 0 saturated heterocycles. The molecule has 0 fully saturated rings. The number of hydrogen-bond donors (Lipinski definition) is 0. The minimum Gasteiger partial charge on any atom is -0.0914 e. The SMILES string of the molecule is C/C=C/C(C)C(C)(C)C. The fraction of sp³-hybridized carbons (Fsp3) is 0.778. The van der Waals surface area contributed by atoms with Crippen molar-refractivity contribution in [2.45, 2.75) is 34.6 Å². The van der Waals surface area contributed by atoms with Crippen molar-refractivity contribution in [1.29, 1.82) is 0 Å². The summed E-state index contributed by atoms with van der Waals surface area (Å²) in [6.07, 6.45) is 4.37. The van der Waals surface area contributed by atoms with Crippen molar-refractivity contribution in [3.63, 3.8) is 0 Å². The summed E-state index contributed by atoms with van der Waals surface area (Å²) in [4.78, 5) is 0. The highest BCUT2D eigenvalue weighted by atomic mass is 14.2. The molecule has 0 aromatic rings. The van der Waals surface area contributed by atoms with Crippen LogP contribution in [0.2, 0.25) is 0 Å². The average Bonchev–Trinajstić information content (AvgIpc) is 1.64. The molecule has 0 radical (unpaired) electrons. The predicted molar refractivity (Wildman–Crippen MR) is 43.4 cm³/mol. The molecular formula is C9H18. The number of allylic oxidation sites excluding steroid dienone is 2. The van der Waals surface area contributed by atoms with E-state index in [4.69, 9.17) is 0 Å². The Labute approximate surface area is 59.0 Å². The summed E-state index contributed by atoms with van der Waals surface area (Å²) >= 11 is 0. The maximum Gasteiger partial charge on any atom is -0.0213 e. The van der Waals surface area contributed by atoms with Crippen LogP contribution in [0.1, 0.15) is 34.6 Å². The van der Waals surface area contributed by atoms with Gasteiger partial charge in [-0.05, 0) is 18.3 Å². The van der Waals surface area contributed by atoms with E-state index < -0.39 is 0 Å². The first kappa shape index (κ1) is 8.74. The highest BCUT2D eigenvalue weighted by Gasteiger charge is 2.15. The Morgan fingerprint density at radius 2 is 1.67 bits per heavy atom. The fourth-order valence-electron chi connectivity index (χ4n) is 0.577. The van der Waals surface area contributed by atoms with E-state index in [0.717, 1.165) is 0 Å². The zero-order chi connectivity index (χ0) is 7.49. The van der Waals surface area contributed by atoms with Gasteiger partial charge in [0.15, 0.2) is 0 Å². The van der Waals surface area contributed by atoms with Gasteiger partial charge in [-0.2, -0.15) is 0 Å². The lowest BCUT2D eigenvalue weighted by Gasteiger charge is -2.23. The molecule has 0 bridgehead atoms. The smallest absolute Gasteiger partial charge is 0.0213 e. The van der Waals surface area contributed by atoms with Crippen molar-refractivity contribution in [1.82, 2.24) is 0 Å². The zero-order valence-electron chi connectivity index (χ0n) is 7.23. The molecule has 0 heterocycles. The van der Waals surface area contributed by atoms with E-state index in [0.29, 0.717) is 11.3 Å². The van der Waals surface area contributed by atoms with E-state index >= 15 is 0 Å². The fourth-order valence-corrected chi connectivity index (χ4v) is 0.577. The third-order valence-corrected chi connectivity index (χ3v) is 1.85. The Bertz CT molecular complexity index is 93.1. The van der Waals surface area contributed by atoms with Crippen molar-refractivity contribution in [2.75, 3.05) is 0 Å². The van der Waals surface area contributed by atoms with E-state index in [9.17, 15) is 0 Å². The van der Waals surface area contributed by atoms with E-state index in [1.165, 1.54) is 0 Å². The second-order valence-corrected chi connectivity index (χ2v) is 3.68. The molecule has 0 N–H and O–H groups in total. The van der Waals surface area contributed by atoms with E-state index in [2.05, 4.69) is 46.8 Å². The standard InChI is InChI=1S/C9H18/c1-6-7-8(2)9(3,4)5/h6-8H,1-5H3/b7-6+. The highest BCUT2D eigenvalue weighted by molar-refractivity contribution is 4.89. The highest BCUT2D eigenvalue weighted by Crippen LogP contribution is 2.25. The molecule has 0 nitrogen and oxygen atoms in total. The first-order valence-electron chi connectivity index (χ1n) is 3.61. The van der Waals surface area contributed by atoms with Crippen LogP contribution >= 0.6 is 0 Å². The summed E-state index contributed by atoms with van der Waals surface area (Å²) in [6, 6.07) is 0. The first-order chi connectivity index (χ1) is 3.98. The lowest BCUT2D eigenvalue weighted by atomic mass is 9.82. The number of hydrogen-bond acceptors (Lipinski definition) is 0. The first-order valence-corrected chi connectivity index (χ1v) is 3.61. The Hall–Kier alpha value is -0.260. The van der Waals surface area contributed by atoms with Gasteiger partial charge in [0.1, 0.15) is 0 Å². The van der Waals surface area contributed by atoms with Gasteiger partial charge in [-0.25, -0.2) is 0 Å². The Morgan fingerprint density at radius 3 is 1.78 bits per heavy atom. The summed E-state index contributed by atoms with van der Waals surface area (Å²) in [6.45, 7) is 11.1. The van der Waals surface area contributed by atoms with Gasteiger partial charge in [-0.3, -0.25) is 0 Å². The molecule has 54 valence electrons. The maximum atomic E-state index is 2.26. The van der Waals surface area contributed by atoms with Crippen molar-refractivity contribution >= 4 is 0 Å². The average molecular weight is 126 g/mol. The molecule has 1 atom stereocenters. The van der Waals surface area contributed by atoms with Gasteiger partial charge >= 0.3 is 0 Å². The Kier molecular flexibility index (Phi) is 2.96. The van der Waals surface area contributed by atoms with Crippen LogP contribution in [0.5, 0.6) is 0 Å². The van der Waals surface area contributed by atoms with Gasteiger partial charge in [0.05, 0.1) is 0 Å². The van der Waals surface area contributed by atoms with Crippen molar-refractivity contribution in [2.24, 2.45) is 11.3 Å². The molecule has 1 unspecified atom stereocenters. The summed E-state index contributed by atoms with van der Waals surface area (Å²) in [5, 5.41) is 0. The van der Waals surface area contributed by atoms with Crippen LogP contribution in [-0.2, 0) is 0 Å². The molecule has 0 aromatic carbocycles. The normalized spacial score (nSPS) is 16.6. The molecular weight excluding hydrogens is 108 g/mol. The van der Waals surface area contributed by atoms with Crippen LogP contribution in [-0.4, -0.2) is 0 Å². The summed E-state index contributed by atoms with van der Waals surface area (Å²) in [5.41, 5.74) is 0.423. The van der Waals surface area contributed by atoms with Crippen LogP contribution in [0.15, 0.2) is 12.2 Å². The van der Waals surface area contributed by atoms with Crippen LogP contribution in [0.3, 0.4) is 0 Å². The Morgan fingerprint density at radius 1 is 1.22 bits per heavy atom. The lowest BCUT2D eigenvalue weighted by molar-refractivity contribution is 0.314. The molecule has 9 heavy (non-hydrogen) atoms. The zero-order valence-corrected chi connectivity index (χ0v) is 7.23. The number of rotatable bonds is 1. The van der Waals surface area contributed by atoms with E-state index in [1.807, 2.05) is 0 Å². The van der Waals surface area contributed by atoms with E-state index in [-0.39, 0.29) is 0 Å². The lowest BCUT2D eigenvalue weighted by Crippen LogP contribution is -2.14. The molecule has 0 saturated carbocycles.